The molecule has 0 aliphatic heterocycles. The topological polar surface area (TPSA) is 26.3 Å². The van der Waals surface area contributed by atoms with Gasteiger partial charge in [-0.3, -0.25) is 4.79 Å². The van der Waals surface area contributed by atoms with Crippen molar-refractivity contribution < 1.29 is 27.1 Å². The van der Waals surface area contributed by atoms with Crippen LogP contribution in [-0.2, 0) is 19.5 Å². The standard InChI is InChI=1S/C16H12F4O2/c17-8-13-7-12(9-21)3-6-15(13)22-10-11-1-4-14(5-2-11)16(18,19)20/h1-7,9H,8,10H2. The minimum Gasteiger partial charge on any atom is -0.489 e. The number of alkyl halides is 4. The van der Waals surface area contributed by atoms with Gasteiger partial charge in [0.25, 0.3) is 0 Å². The lowest BCUT2D eigenvalue weighted by Gasteiger charge is -2.11. The molecule has 0 N–H and O–H groups in total. The summed E-state index contributed by atoms with van der Waals surface area (Å²) in [5.41, 5.74) is 0.333. The summed E-state index contributed by atoms with van der Waals surface area (Å²) in [5, 5.41) is 0. The molecule has 116 valence electrons. The third kappa shape index (κ3) is 3.84. The van der Waals surface area contributed by atoms with Crippen LogP contribution in [0.5, 0.6) is 5.75 Å². The molecule has 0 saturated heterocycles. The number of halogens is 4. The summed E-state index contributed by atoms with van der Waals surface area (Å²) in [7, 11) is 0. The first-order valence-corrected chi connectivity index (χ1v) is 6.37. The molecule has 0 aliphatic carbocycles. The van der Waals surface area contributed by atoms with E-state index in [1.165, 1.54) is 30.3 Å². The van der Waals surface area contributed by atoms with Gasteiger partial charge in [0, 0.05) is 11.1 Å². The molecule has 2 aromatic carbocycles. The maximum atomic E-state index is 12.9. The van der Waals surface area contributed by atoms with Crippen LogP contribution in [0, 0.1) is 0 Å². The van der Waals surface area contributed by atoms with E-state index in [0.29, 0.717) is 17.4 Å². The van der Waals surface area contributed by atoms with Gasteiger partial charge in [-0.05, 0) is 35.9 Å². The second-order valence-electron chi connectivity index (χ2n) is 4.60. The van der Waals surface area contributed by atoms with E-state index in [2.05, 4.69) is 0 Å². The summed E-state index contributed by atoms with van der Waals surface area (Å²) in [5.74, 6) is 0.257. The fourth-order valence-electron chi connectivity index (χ4n) is 1.87. The molecule has 0 saturated carbocycles. The van der Waals surface area contributed by atoms with Gasteiger partial charge in [0.1, 0.15) is 25.3 Å². The van der Waals surface area contributed by atoms with Gasteiger partial charge < -0.3 is 4.74 Å². The smallest absolute Gasteiger partial charge is 0.416 e. The van der Waals surface area contributed by atoms with Gasteiger partial charge in [0.05, 0.1) is 5.56 Å². The summed E-state index contributed by atoms with van der Waals surface area (Å²) in [6, 6.07) is 8.84. The van der Waals surface area contributed by atoms with Gasteiger partial charge >= 0.3 is 6.18 Å². The first-order chi connectivity index (χ1) is 10.4. The summed E-state index contributed by atoms with van der Waals surface area (Å²) in [6.45, 7) is -0.796. The molecule has 2 aromatic rings. The molecule has 0 bridgehead atoms. The largest absolute Gasteiger partial charge is 0.489 e. The second-order valence-corrected chi connectivity index (χ2v) is 4.60. The van der Waals surface area contributed by atoms with Gasteiger partial charge in [-0.2, -0.15) is 13.2 Å². The summed E-state index contributed by atoms with van der Waals surface area (Å²) < 4.78 is 55.6. The molecule has 0 radical (unpaired) electrons. The minimum atomic E-state index is -4.38. The summed E-state index contributed by atoms with van der Waals surface area (Å²) in [4.78, 5) is 10.6. The van der Waals surface area contributed by atoms with Crippen LogP contribution in [0.15, 0.2) is 42.5 Å². The monoisotopic (exact) mass is 312 g/mol. The number of aldehydes is 1. The zero-order valence-electron chi connectivity index (χ0n) is 11.4. The number of ether oxygens (including phenoxy) is 1. The number of benzene rings is 2. The number of carbonyl (C=O) groups is 1. The number of hydrogen-bond acceptors (Lipinski definition) is 2. The average molecular weight is 312 g/mol. The molecule has 0 spiro atoms. The van der Waals surface area contributed by atoms with Gasteiger partial charge in [-0.1, -0.05) is 12.1 Å². The fraction of sp³-hybridized carbons (Fsp3) is 0.188. The Bertz CT molecular complexity index is 648. The summed E-state index contributed by atoms with van der Waals surface area (Å²) in [6.07, 6.45) is -3.79. The minimum absolute atomic E-state index is 0.00553. The highest BCUT2D eigenvalue weighted by molar-refractivity contribution is 5.75. The van der Waals surface area contributed by atoms with Crippen molar-refractivity contribution in [2.24, 2.45) is 0 Å². The normalized spacial score (nSPS) is 11.3. The Balaban J connectivity index is 2.08. The van der Waals surface area contributed by atoms with Crippen LogP contribution in [-0.4, -0.2) is 6.29 Å². The Morgan fingerprint density at radius 3 is 2.27 bits per heavy atom. The molecule has 22 heavy (non-hydrogen) atoms. The lowest BCUT2D eigenvalue weighted by molar-refractivity contribution is -0.137. The van der Waals surface area contributed by atoms with E-state index in [0.717, 1.165) is 12.1 Å². The van der Waals surface area contributed by atoms with E-state index in [-0.39, 0.29) is 17.9 Å². The lowest BCUT2D eigenvalue weighted by Crippen LogP contribution is -2.05. The van der Waals surface area contributed by atoms with E-state index in [9.17, 15) is 22.4 Å². The Morgan fingerprint density at radius 2 is 1.73 bits per heavy atom. The van der Waals surface area contributed by atoms with Gasteiger partial charge in [0.15, 0.2) is 0 Å². The third-order valence-corrected chi connectivity index (χ3v) is 3.04. The SMILES string of the molecule is O=Cc1ccc(OCc2ccc(C(F)(F)F)cc2)c(CF)c1. The van der Waals surface area contributed by atoms with Crippen LogP contribution in [0.2, 0.25) is 0 Å². The second kappa shape index (κ2) is 6.60. The molecule has 0 atom stereocenters. The first-order valence-electron chi connectivity index (χ1n) is 6.37. The van der Waals surface area contributed by atoms with Crippen molar-refractivity contribution in [3.8, 4) is 5.75 Å². The molecular formula is C16H12F4O2. The van der Waals surface area contributed by atoms with E-state index in [4.69, 9.17) is 4.74 Å². The van der Waals surface area contributed by atoms with Crippen LogP contribution in [0.4, 0.5) is 17.6 Å². The maximum Gasteiger partial charge on any atom is 0.416 e. The highest BCUT2D eigenvalue weighted by Gasteiger charge is 2.29. The predicted octanol–water partition coefficient (Wildman–Crippen LogP) is 4.57. The molecular weight excluding hydrogens is 300 g/mol. The highest BCUT2D eigenvalue weighted by atomic mass is 19.4. The van der Waals surface area contributed by atoms with Gasteiger partial charge in [-0.15, -0.1) is 0 Å². The van der Waals surface area contributed by atoms with Crippen LogP contribution in [0.3, 0.4) is 0 Å². The van der Waals surface area contributed by atoms with E-state index in [1.807, 2.05) is 0 Å². The predicted molar refractivity (Wildman–Crippen MR) is 72.4 cm³/mol. The molecule has 0 amide bonds. The fourth-order valence-corrected chi connectivity index (χ4v) is 1.87. The van der Waals surface area contributed by atoms with Gasteiger partial charge in [-0.25, -0.2) is 4.39 Å². The number of rotatable bonds is 5. The Labute approximate surface area is 124 Å². The Hall–Kier alpha value is -2.37. The van der Waals surface area contributed by atoms with Crippen molar-refractivity contribution in [1.29, 1.82) is 0 Å². The molecule has 0 aromatic heterocycles. The van der Waals surface area contributed by atoms with Crippen molar-refractivity contribution in [2.75, 3.05) is 0 Å². The average Bonchev–Trinajstić information content (AvgIpc) is 2.52. The molecule has 6 heteroatoms. The van der Waals surface area contributed by atoms with Crippen molar-refractivity contribution in [3.05, 3.63) is 64.7 Å². The number of hydrogen-bond donors (Lipinski definition) is 0. The molecule has 0 aliphatic rings. The highest BCUT2D eigenvalue weighted by Crippen LogP contribution is 2.29. The van der Waals surface area contributed by atoms with Crippen molar-refractivity contribution in [2.45, 2.75) is 19.5 Å². The molecule has 0 fully saturated rings. The molecule has 0 heterocycles. The summed E-state index contributed by atoms with van der Waals surface area (Å²) >= 11 is 0. The first kappa shape index (κ1) is 16.0. The maximum absolute atomic E-state index is 12.9. The lowest BCUT2D eigenvalue weighted by atomic mass is 10.1. The zero-order chi connectivity index (χ0) is 16.2. The van der Waals surface area contributed by atoms with Crippen LogP contribution in [0.1, 0.15) is 27.0 Å². The molecule has 2 rings (SSSR count). The van der Waals surface area contributed by atoms with E-state index in [1.54, 1.807) is 0 Å². The van der Waals surface area contributed by atoms with E-state index < -0.39 is 18.4 Å². The number of carbonyl (C=O) groups excluding carboxylic acids is 1. The van der Waals surface area contributed by atoms with Crippen LogP contribution in [0.25, 0.3) is 0 Å². The van der Waals surface area contributed by atoms with Crippen LogP contribution >= 0.6 is 0 Å². The quantitative estimate of drug-likeness (QED) is 0.597. The Kier molecular flexibility index (Phi) is 4.80. The zero-order valence-corrected chi connectivity index (χ0v) is 11.4. The Morgan fingerprint density at radius 1 is 1.05 bits per heavy atom. The van der Waals surface area contributed by atoms with Crippen LogP contribution < -0.4 is 4.74 Å². The van der Waals surface area contributed by atoms with Crippen molar-refractivity contribution in [1.82, 2.24) is 0 Å². The molecule has 2 nitrogen and oxygen atoms in total. The van der Waals surface area contributed by atoms with Crippen molar-refractivity contribution in [3.63, 3.8) is 0 Å². The van der Waals surface area contributed by atoms with E-state index >= 15 is 0 Å². The third-order valence-electron chi connectivity index (χ3n) is 3.04. The molecule has 0 unspecified atom stereocenters. The van der Waals surface area contributed by atoms with Crippen molar-refractivity contribution >= 4 is 6.29 Å². The van der Waals surface area contributed by atoms with Gasteiger partial charge in [0.2, 0.25) is 0 Å².